The van der Waals surface area contributed by atoms with E-state index in [1.54, 1.807) is 0 Å². The van der Waals surface area contributed by atoms with Crippen LogP contribution in [0, 0.1) is 5.92 Å². The summed E-state index contributed by atoms with van der Waals surface area (Å²) < 4.78 is 5.49. The number of fused-ring (bicyclic) bond motifs is 6. The van der Waals surface area contributed by atoms with Crippen molar-refractivity contribution in [2.75, 3.05) is 6.61 Å². The van der Waals surface area contributed by atoms with Crippen molar-refractivity contribution in [1.82, 2.24) is 0 Å². The SMILES string of the molecule is CCCCC1(C(C)C2(CCC(=O)OCC)c3ccccc3-c3ccccc32)c2ccccc2-c2ccccc21. The van der Waals surface area contributed by atoms with Gasteiger partial charge in [-0.15, -0.1) is 0 Å². The third-order valence-corrected chi connectivity index (χ3v) is 9.64. The van der Waals surface area contributed by atoms with Crippen molar-refractivity contribution in [1.29, 1.82) is 0 Å². The maximum atomic E-state index is 12.9. The number of carbonyl (C=O) groups excluding carboxylic acids is 1. The summed E-state index contributed by atoms with van der Waals surface area (Å²) in [7, 11) is 0. The van der Waals surface area contributed by atoms with Gasteiger partial charge in [-0.2, -0.15) is 0 Å². The Morgan fingerprint density at radius 2 is 1.03 bits per heavy atom. The van der Waals surface area contributed by atoms with Crippen LogP contribution in [0.3, 0.4) is 0 Å². The Hall–Kier alpha value is -3.65. The molecular formula is C37H38O2. The van der Waals surface area contributed by atoms with Gasteiger partial charge >= 0.3 is 5.97 Å². The summed E-state index contributed by atoms with van der Waals surface area (Å²) >= 11 is 0. The Balaban J connectivity index is 1.65. The molecule has 2 aliphatic rings. The Labute approximate surface area is 233 Å². The van der Waals surface area contributed by atoms with Crippen molar-refractivity contribution in [3.05, 3.63) is 119 Å². The first-order valence-corrected chi connectivity index (χ1v) is 14.6. The fraction of sp³-hybridized carbons (Fsp3) is 0.324. The lowest BCUT2D eigenvalue weighted by Gasteiger charge is -2.49. The molecule has 4 aromatic carbocycles. The van der Waals surface area contributed by atoms with Gasteiger partial charge in [0.25, 0.3) is 0 Å². The number of hydrogen-bond acceptors (Lipinski definition) is 2. The first-order valence-electron chi connectivity index (χ1n) is 14.6. The van der Waals surface area contributed by atoms with Gasteiger partial charge in [0.1, 0.15) is 0 Å². The number of benzene rings is 4. The molecule has 0 bridgehead atoms. The molecule has 6 rings (SSSR count). The normalized spacial score (nSPS) is 16.1. The Morgan fingerprint density at radius 1 is 0.641 bits per heavy atom. The zero-order valence-corrected chi connectivity index (χ0v) is 23.4. The predicted octanol–water partition coefficient (Wildman–Crippen LogP) is 9.09. The molecule has 0 spiro atoms. The van der Waals surface area contributed by atoms with Crippen LogP contribution in [0.4, 0.5) is 0 Å². The van der Waals surface area contributed by atoms with Crippen LogP contribution in [0.15, 0.2) is 97.1 Å². The first-order chi connectivity index (χ1) is 19.1. The molecule has 0 amide bonds. The van der Waals surface area contributed by atoms with Gasteiger partial charge in [-0.3, -0.25) is 4.79 Å². The summed E-state index contributed by atoms with van der Waals surface area (Å²) in [6, 6.07) is 35.9. The molecule has 0 saturated heterocycles. The minimum Gasteiger partial charge on any atom is -0.466 e. The lowest BCUT2D eigenvalue weighted by Crippen LogP contribution is -2.47. The maximum absolute atomic E-state index is 12.9. The van der Waals surface area contributed by atoms with E-state index in [1.165, 1.54) is 44.5 Å². The van der Waals surface area contributed by atoms with Gasteiger partial charge in [-0.25, -0.2) is 0 Å². The summed E-state index contributed by atoms with van der Waals surface area (Å²) in [4.78, 5) is 12.9. The van der Waals surface area contributed by atoms with Gasteiger partial charge in [-0.1, -0.05) is 124 Å². The van der Waals surface area contributed by atoms with E-state index in [0.29, 0.717) is 13.0 Å². The zero-order chi connectivity index (χ0) is 27.0. The van der Waals surface area contributed by atoms with Crippen LogP contribution in [-0.4, -0.2) is 12.6 Å². The number of unbranched alkanes of at least 4 members (excludes halogenated alkanes) is 1. The summed E-state index contributed by atoms with van der Waals surface area (Å²) in [6.07, 6.45) is 4.48. The molecule has 1 atom stereocenters. The van der Waals surface area contributed by atoms with Crippen LogP contribution in [-0.2, 0) is 20.4 Å². The van der Waals surface area contributed by atoms with Crippen LogP contribution in [0.5, 0.6) is 0 Å². The largest absolute Gasteiger partial charge is 0.466 e. The van der Waals surface area contributed by atoms with E-state index in [1.807, 2.05) is 6.92 Å². The van der Waals surface area contributed by atoms with Crippen molar-refractivity contribution < 1.29 is 9.53 Å². The highest BCUT2D eigenvalue weighted by Crippen LogP contribution is 2.64. The quantitative estimate of drug-likeness (QED) is 0.208. The molecule has 4 aromatic rings. The molecule has 0 aliphatic heterocycles. The molecule has 39 heavy (non-hydrogen) atoms. The van der Waals surface area contributed by atoms with E-state index in [2.05, 4.69) is 111 Å². The molecule has 0 heterocycles. The summed E-state index contributed by atoms with van der Waals surface area (Å²) in [6.45, 7) is 7.07. The van der Waals surface area contributed by atoms with Gasteiger partial charge in [0.05, 0.1) is 6.61 Å². The standard InChI is InChI=1S/C37H38O2/c1-4-6-24-36(31-19-11-7-15-27(31)28-16-8-12-20-32(28)36)26(3)37(25-23-35(38)39-5-2)33-21-13-9-17-29(33)30-18-10-14-22-34(30)37/h7-22,26H,4-6,23-25H2,1-3H3. The zero-order valence-electron chi connectivity index (χ0n) is 23.4. The molecule has 0 radical (unpaired) electrons. The van der Waals surface area contributed by atoms with E-state index >= 15 is 0 Å². The third-order valence-electron chi connectivity index (χ3n) is 9.64. The van der Waals surface area contributed by atoms with Crippen molar-refractivity contribution in [2.24, 2.45) is 5.92 Å². The molecule has 0 aromatic heterocycles. The van der Waals surface area contributed by atoms with Crippen LogP contribution in [0.1, 0.15) is 75.1 Å². The van der Waals surface area contributed by atoms with Crippen LogP contribution < -0.4 is 0 Å². The monoisotopic (exact) mass is 514 g/mol. The molecule has 2 aliphatic carbocycles. The molecule has 0 N–H and O–H groups in total. The Bertz CT molecular complexity index is 1420. The van der Waals surface area contributed by atoms with Gasteiger partial charge in [0.2, 0.25) is 0 Å². The van der Waals surface area contributed by atoms with E-state index in [9.17, 15) is 4.79 Å². The van der Waals surface area contributed by atoms with Gasteiger partial charge in [-0.05, 0) is 70.2 Å². The van der Waals surface area contributed by atoms with Gasteiger partial charge in [0.15, 0.2) is 0 Å². The van der Waals surface area contributed by atoms with Crippen molar-refractivity contribution in [3.63, 3.8) is 0 Å². The van der Waals surface area contributed by atoms with Gasteiger partial charge in [0, 0.05) is 17.3 Å². The van der Waals surface area contributed by atoms with Crippen LogP contribution in [0.2, 0.25) is 0 Å². The highest BCUT2D eigenvalue weighted by molar-refractivity contribution is 5.85. The Kier molecular flexibility index (Phi) is 6.67. The summed E-state index contributed by atoms with van der Waals surface area (Å²) in [5.41, 5.74) is 10.4. The topological polar surface area (TPSA) is 26.3 Å². The lowest BCUT2D eigenvalue weighted by molar-refractivity contribution is -0.143. The number of rotatable bonds is 9. The average molecular weight is 515 g/mol. The summed E-state index contributed by atoms with van der Waals surface area (Å²) in [5, 5.41) is 0. The lowest BCUT2D eigenvalue weighted by atomic mass is 9.53. The average Bonchev–Trinajstić information content (AvgIpc) is 3.44. The molecule has 198 valence electrons. The molecule has 2 heteroatoms. The molecule has 0 saturated carbocycles. The molecule has 2 nitrogen and oxygen atoms in total. The minimum absolute atomic E-state index is 0.110. The molecular weight excluding hydrogens is 476 g/mol. The van der Waals surface area contributed by atoms with E-state index < -0.39 is 0 Å². The number of esters is 1. The smallest absolute Gasteiger partial charge is 0.305 e. The van der Waals surface area contributed by atoms with Crippen molar-refractivity contribution >= 4 is 5.97 Å². The maximum Gasteiger partial charge on any atom is 0.305 e. The number of ether oxygens (including phenoxy) is 1. The molecule has 1 unspecified atom stereocenters. The second kappa shape index (κ2) is 10.2. The fourth-order valence-corrected chi connectivity index (χ4v) is 8.03. The number of carbonyl (C=O) groups is 1. The van der Waals surface area contributed by atoms with Crippen molar-refractivity contribution in [2.45, 2.75) is 63.7 Å². The van der Waals surface area contributed by atoms with Crippen LogP contribution in [0.25, 0.3) is 22.3 Å². The van der Waals surface area contributed by atoms with Crippen LogP contribution >= 0.6 is 0 Å². The second-order valence-electron chi connectivity index (χ2n) is 11.3. The molecule has 0 fully saturated rings. The number of hydrogen-bond donors (Lipinski definition) is 0. The predicted molar refractivity (Wildman–Crippen MR) is 160 cm³/mol. The van der Waals surface area contributed by atoms with E-state index in [0.717, 1.165) is 25.7 Å². The van der Waals surface area contributed by atoms with E-state index in [4.69, 9.17) is 4.74 Å². The van der Waals surface area contributed by atoms with Gasteiger partial charge < -0.3 is 4.74 Å². The summed E-state index contributed by atoms with van der Waals surface area (Å²) in [5.74, 6) is 0.0846. The minimum atomic E-state index is -0.335. The first kappa shape index (κ1) is 25.6. The third kappa shape index (κ3) is 3.72. The second-order valence-corrected chi connectivity index (χ2v) is 11.3. The fourth-order valence-electron chi connectivity index (χ4n) is 8.03. The van der Waals surface area contributed by atoms with Crippen molar-refractivity contribution in [3.8, 4) is 22.3 Å². The van der Waals surface area contributed by atoms with E-state index in [-0.39, 0.29) is 22.7 Å². The highest BCUT2D eigenvalue weighted by atomic mass is 16.5. The Morgan fingerprint density at radius 3 is 1.41 bits per heavy atom. The highest BCUT2D eigenvalue weighted by Gasteiger charge is 2.57.